The topological polar surface area (TPSA) is 55.6 Å². The molecule has 2 fully saturated rings. The summed E-state index contributed by atoms with van der Waals surface area (Å²) in [6, 6.07) is 7.79. The number of benzene rings is 1. The van der Waals surface area contributed by atoms with Crippen LogP contribution >= 0.6 is 0 Å². The van der Waals surface area contributed by atoms with E-state index < -0.39 is 0 Å². The van der Waals surface area contributed by atoms with Gasteiger partial charge in [0.15, 0.2) is 0 Å². The van der Waals surface area contributed by atoms with Crippen LogP contribution in [0.1, 0.15) is 36.2 Å². The van der Waals surface area contributed by atoms with E-state index in [0.717, 1.165) is 25.7 Å². The molecule has 1 amide bonds. The zero-order valence-electron chi connectivity index (χ0n) is 13.3. The van der Waals surface area contributed by atoms with Crippen molar-refractivity contribution in [1.82, 2.24) is 10.1 Å². The number of rotatable bonds is 2. The van der Waals surface area contributed by atoms with Crippen molar-refractivity contribution in [1.29, 1.82) is 0 Å². The van der Waals surface area contributed by atoms with E-state index in [9.17, 15) is 9.18 Å². The predicted octanol–water partition coefficient (Wildman–Crippen LogP) is 3.26. The fourth-order valence-electron chi connectivity index (χ4n) is 3.65. The minimum Gasteiger partial charge on any atom is -0.374 e. The highest BCUT2D eigenvalue weighted by Crippen LogP contribution is 2.30. The third-order valence-electron chi connectivity index (χ3n) is 4.83. The van der Waals surface area contributed by atoms with Crippen LogP contribution in [0.25, 0.3) is 11.3 Å². The van der Waals surface area contributed by atoms with Crippen molar-refractivity contribution in [2.45, 2.75) is 37.8 Å². The maximum absolute atomic E-state index is 13.3. The molecule has 126 valence electrons. The van der Waals surface area contributed by atoms with Crippen molar-refractivity contribution >= 4 is 5.91 Å². The molecular weight excluding hydrogens is 311 g/mol. The summed E-state index contributed by atoms with van der Waals surface area (Å²) in [6.45, 7) is 1.12. The Balaban J connectivity index is 1.56. The maximum Gasteiger partial charge on any atom is 0.292 e. The Hall–Kier alpha value is -2.21. The molecule has 2 aromatic rings. The van der Waals surface area contributed by atoms with E-state index >= 15 is 0 Å². The molecule has 0 radical (unpaired) electrons. The van der Waals surface area contributed by atoms with Gasteiger partial charge in [-0.15, -0.1) is 0 Å². The number of hydrogen-bond donors (Lipinski definition) is 0. The molecule has 1 aromatic carbocycles. The van der Waals surface area contributed by atoms with Gasteiger partial charge < -0.3 is 14.2 Å². The number of aromatic nitrogens is 1. The minimum absolute atomic E-state index is 0.114. The smallest absolute Gasteiger partial charge is 0.292 e. The number of hydrogen-bond acceptors (Lipinski definition) is 4. The largest absolute Gasteiger partial charge is 0.374 e. The van der Waals surface area contributed by atoms with E-state index in [1.54, 1.807) is 18.2 Å². The lowest BCUT2D eigenvalue weighted by Crippen LogP contribution is -2.54. The van der Waals surface area contributed by atoms with Crippen LogP contribution in [0.5, 0.6) is 0 Å². The average molecular weight is 330 g/mol. The molecule has 0 bridgehead atoms. The van der Waals surface area contributed by atoms with Crippen molar-refractivity contribution in [2.75, 3.05) is 13.2 Å². The molecule has 1 aliphatic heterocycles. The fraction of sp³-hybridized carbons (Fsp3) is 0.444. The molecule has 2 atom stereocenters. The zero-order chi connectivity index (χ0) is 16.5. The number of ether oxygens (including phenoxy) is 1. The molecule has 6 heteroatoms. The first kappa shape index (κ1) is 15.3. The van der Waals surface area contributed by atoms with Crippen LogP contribution < -0.4 is 0 Å². The van der Waals surface area contributed by atoms with E-state index in [-0.39, 0.29) is 29.6 Å². The lowest BCUT2D eigenvalue weighted by Gasteiger charge is -2.43. The van der Waals surface area contributed by atoms with Gasteiger partial charge in [-0.3, -0.25) is 4.79 Å². The van der Waals surface area contributed by atoms with Gasteiger partial charge >= 0.3 is 0 Å². The number of morpholine rings is 1. The summed E-state index contributed by atoms with van der Waals surface area (Å²) in [4.78, 5) is 14.7. The molecule has 0 N–H and O–H groups in total. The number of carbonyl (C=O) groups is 1. The van der Waals surface area contributed by atoms with E-state index in [1.807, 2.05) is 4.90 Å². The summed E-state index contributed by atoms with van der Waals surface area (Å²) in [5.74, 6) is -0.313. The Labute approximate surface area is 139 Å². The van der Waals surface area contributed by atoms with Gasteiger partial charge in [-0.2, -0.15) is 0 Å². The fourth-order valence-corrected chi connectivity index (χ4v) is 3.65. The molecule has 0 unspecified atom stereocenters. The number of carbonyl (C=O) groups excluding carboxylic acids is 1. The van der Waals surface area contributed by atoms with Crippen molar-refractivity contribution in [2.24, 2.45) is 0 Å². The monoisotopic (exact) mass is 330 g/mol. The van der Waals surface area contributed by atoms with E-state index in [4.69, 9.17) is 9.26 Å². The van der Waals surface area contributed by atoms with Crippen LogP contribution in [-0.4, -0.2) is 41.3 Å². The Bertz CT molecular complexity index is 743. The Morgan fingerprint density at radius 1 is 1.25 bits per heavy atom. The second-order valence-electron chi connectivity index (χ2n) is 6.35. The molecule has 2 aliphatic rings. The quantitative estimate of drug-likeness (QED) is 0.848. The molecule has 24 heavy (non-hydrogen) atoms. The lowest BCUT2D eigenvalue weighted by atomic mass is 9.90. The molecule has 1 saturated heterocycles. The molecule has 4 rings (SSSR count). The van der Waals surface area contributed by atoms with Gasteiger partial charge in [0.1, 0.15) is 11.5 Å². The second-order valence-corrected chi connectivity index (χ2v) is 6.35. The van der Waals surface area contributed by atoms with Crippen molar-refractivity contribution < 1.29 is 18.4 Å². The first-order valence-corrected chi connectivity index (χ1v) is 8.37. The SMILES string of the molecule is O=C(c1cc(-c2cccc(F)c2)no1)N1CCO[C@H]2CCCC[C@@H]21. The summed E-state index contributed by atoms with van der Waals surface area (Å²) in [6.07, 6.45) is 4.34. The summed E-state index contributed by atoms with van der Waals surface area (Å²) >= 11 is 0. The third-order valence-corrected chi connectivity index (χ3v) is 4.83. The molecule has 1 aromatic heterocycles. The highest BCUT2D eigenvalue weighted by atomic mass is 19.1. The first-order valence-electron chi connectivity index (χ1n) is 8.37. The van der Waals surface area contributed by atoms with Gasteiger partial charge in [0, 0.05) is 18.2 Å². The molecule has 5 nitrogen and oxygen atoms in total. The molecular formula is C18H19FN2O3. The van der Waals surface area contributed by atoms with Gasteiger partial charge in [-0.05, 0) is 25.0 Å². The number of nitrogens with zero attached hydrogens (tertiary/aromatic N) is 2. The summed E-state index contributed by atoms with van der Waals surface area (Å²) in [5.41, 5.74) is 1.06. The Morgan fingerprint density at radius 3 is 3.00 bits per heavy atom. The van der Waals surface area contributed by atoms with Gasteiger partial charge in [0.25, 0.3) is 5.91 Å². The predicted molar refractivity (Wildman–Crippen MR) is 84.9 cm³/mol. The first-order chi connectivity index (χ1) is 11.7. The lowest BCUT2D eigenvalue weighted by molar-refractivity contribution is -0.0760. The highest BCUT2D eigenvalue weighted by Gasteiger charge is 2.38. The molecule has 2 heterocycles. The van der Waals surface area contributed by atoms with Gasteiger partial charge in [0.2, 0.25) is 5.76 Å². The molecule has 1 aliphatic carbocycles. The van der Waals surface area contributed by atoms with E-state index in [0.29, 0.717) is 24.4 Å². The number of halogens is 1. The van der Waals surface area contributed by atoms with Crippen LogP contribution in [0.3, 0.4) is 0 Å². The van der Waals surface area contributed by atoms with Crippen LogP contribution in [0.4, 0.5) is 4.39 Å². The second kappa shape index (κ2) is 6.36. The minimum atomic E-state index is -0.346. The average Bonchev–Trinajstić information content (AvgIpc) is 3.11. The van der Waals surface area contributed by atoms with Gasteiger partial charge in [-0.25, -0.2) is 4.39 Å². The Morgan fingerprint density at radius 2 is 2.12 bits per heavy atom. The van der Waals surface area contributed by atoms with Crippen molar-refractivity contribution in [3.8, 4) is 11.3 Å². The number of amides is 1. The van der Waals surface area contributed by atoms with Crippen molar-refractivity contribution in [3.63, 3.8) is 0 Å². The molecule has 0 spiro atoms. The number of fused-ring (bicyclic) bond motifs is 1. The van der Waals surface area contributed by atoms with Crippen LogP contribution in [-0.2, 0) is 4.74 Å². The van der Waals surface area contributed by atoms with Gasteiger partial charge in [-0.1, -0.05) is 30.1 Å². The van der Waals surface area contributed by atoms with Crippen LogP contribution in [0, 0.1) is 5.82 Å². The highest BCUT2D eigenvalue weighted by molar-refractivity contribution is 5.92. The standard InChI is InChI=1S/C18H19FN2O3/c19-13-5-3-4-12(10-13)14-11-17(24-20-14)18(22)21-8-9-23-16-7-2-1-6-15(16)21/h3-5,10-11,15-16H,1-2,6-9H2/t15-,16-/m0/s1. The Kier molecular flexibility index (Phi) is 4.06. The van der Waals surface area contributed by atoms with Crippen LogP contribution in [0.2, 0.25) is 0 Å². The van der Waals surface area contributed by atoms with E-state index in [2.05, 4.69) is 5.16 Å². The van der Waals surface area contributed by atoms with E-state index in [1.165, 1.54) is 12.1 Å². The summed E-state index contributed by atoms with van der Waals surface area (Å²) < 4.78 is 24.4. The maximum atomic E-state index is 13.3. The third kappa shape index (κ3) is 2.82. The van der Waals surface area contributed by atoms with Gasteiger partial charge in [0.05, 0.1) is 18.8 Å². The molecule has 1 saturated carbocycles. The van der Waals surface area contributed by atoms with Crippen LogP contribution in [0.15, 0.2) is 34.9 Å². The summed E-state index contributed by atoms with van der Waals surface area (Å²) in [7, 11) is 0. The normalized spacial score (nSPS) is 23.8. The van der Waals surface area contributed by atoms with Crippen molar-refractivity contribution in [3.05, 3.63) is 41.9 Å². The zero-order valence-corrected chi connectivity index (χ0v) is 13.3. The summed E-state index contributed by atoms with van der Waals surface area (Å²) in [5, 5.41) is 3.93.